The molecule has 1 fully saturated rings. The SMILES string of the molecule is CC(NC(=O)C(C)C1CNC1)c1ccc(C(C)(C)C)cc1. The summed E-state index contributed by atoms with van der Waals surface area (Å²) >= 11 is 0. The molecule has 0 saturated carbocycles. The van der Waals surface area contributed by atoms with E-state index in [0.717, 1.165) is 18.7 Å². The molecule has 1 heterocycles. The lowest BCUT2D eigenvalue weighted by molar-refractivity contribution is -0.127. The molecule has 1 aliphatic heterocycles. The van der Waals surface area contributed by atoms with Crippen molar-refractivity contribution in [1.82, 2.24) is 10.6 Å². The third-order valence-corrected chi connectivity index (χ3v) is 4.57. The summed E-state index contributed by atoms with van der Waals surface area (Å²) < 4.78 is 0. The van der Waals surface area contributed by atoms with Crippen LogP contribution in [0.5, 0.6) is 0 Å². The summed E-state index contributed by atoms with van der Waals surface area (Å²) in [5.41, 5.74) is 2.64. The van der Waals surface area contributed by atoms with E-state index >= 15 is 0 Å². The van der Waals surface area contributed by atoms with E-state index in [2.05, 4.69) is 62.6 Å². The van der Waals surface area contributed by atoms with Crippen LogP contribution in [0.25, 0.3) is 0 Å². The topological polar surface area (TPSA) is 41.1 Å². The molecular formula is C18H28N2O. The molecule has 0 aromatic heterocycles. The van der Waals surface area contributed by atoms with Gasteiger partial charge in [0, 0.05) is 5.92 Å². The minimum absolute atomic E-state index is 0.0574. The predicted octanol–water partition coefficient (Wildman–Crippen LogP) is 3.02. The van der Waals surface area contributed by atoms with Crippen molar-refractivity contribution in [3.8, 4) is 0 Å². The lowest BCUT2D eigenvalue weighted by Gasteiger charge is -2.32. The molecule has 2 rings (SSSR count). The second-order valence-electron chi connectivity index (χ2n) is 7.31. The Labute approximate surface area is 128 Å². The Morgan fingerprint density at radius 1 is 1.19 bits per heavy atom. The van der Waals surface area contributed by atoms with Gasteiger partial charge in [-0.2, -0.15) is 0 Å². The zero-order valence-corrected chi connectivity index (χ0v) is 13.9. The van der Waals surface area contributed by atoms with Crippen LogP contribution in [0.1, 0.15) is 51.8 Å². The first-order valence-corrected chi connectivity index (χ1v) is 7.90. The van der Waals surface area contributed by atoms with Crippen molar-refractivity contribution in [3.63, 3.8) is 0 Å². The van der Waals surface area contributed by atoms with E-state index in [9.17, 15) is 4.79 Å². The number of carbonyl (C=O) groups excluding carboxylic acids is 1. The second kappa shape index (κ2) is 6.18. The van der Waals surface area contributed by atoms with E-state index < -0.39 is 0 Å². The second-order valence-corrected chi connectivity index (χ2v) is 7.31. The van der Waals surface area contributed by atoms with Gasteiger partial charge in [0.25, 0.3) is 0 Å². The van der Waals surface area contributed by atoms with Gasteiger partial charge < -0.3 is 10.6 Å². The molecule has 2 atom stereocenters. The van der Waals surface area contributed by atoms with Crippen LogP contribution in [0, 0.1) is 11.8 Å². The molecule has 1 aromatic rings. The summed E-state index contributed by atoms with van der Waals surface area (Å²) in [5.74, 6) is 0.733. The maximum absolute atomic E-state index is 12.2. The molecule has 21 heavy (non-hydrogen) atoms. The number of carbonyl (C=O) groups is 1. The van der Waals surface area contributed by atoms with Crippen LogP contribution in [0.15, 0.2) is 24.3 Å². The van der Waals surface area contributed by atoms with Crippen LogP contribution in [-0.4, -0.2) is 19.0 Å². The summed E-state index contributed by atoms with van der Waals surface area (Å²) in [6, 6.07) is 8.64. The molecule has 0 spiro atoms. The third kappa shape index (κ3) is 3.85. The Morgan fingerprint density at radius 2 is 1.76 bits per heavy atom. The van der Waals surface area contributed by atoms with E-state index in [-0.39, 0.29) is 23.3 Å². The molecule has 2 N–H and O–H groups in total. The van der Waals surface area contributed by atoms with Gasteiger partial charge >= 0.3 is 0 Å². The number of rotatable bonds is 4. The molecule has 116 valence electrons. The zero-order chi connectivity index (χ0) is 15.6. The highest BCUT2D eigenvalue weighted by Gasteiger charge is 2.29. The van der Waals surface area contributed by atoms with Crippen LogP contribution in [0.4, 0.5) is 0 Å². The number of benzene rings is 1. The van der Waals surface area contributed by atoms with Gasteiger partial charge in [0.05, 0.1) is 6.04 Å². The van der Waals surface area contributed by atoms with Crippen LogP contribution in [0.2, 0.25) is 0 Å². The van der Waals surface area contributed by atoms with Crippen molar-refractivity contribution in [2.75, 3.05) is 13.1 Å². The number of hydrogen-bond donors (Lipinski definition) is 2. The van der Waals surface area contributed by atoms with Gasteiger partial charge in [0.1, 0.15) is 0 Å². The Kier molecular flexibility index (Phi) is 4.72. The van der Waals surface area contributed by atoms with Crippen molar-refractivity contribution < 1.29 is 4.79 Å². The van der Waals surface area contributed by atoms with E-state index in [0.29, 0.717) is 5.92 Å². The number of hydrogen-bond acceptors (Lipinski definition) is 2. The fourth-order valence-electron chi connectivity index (χ4n) is 2.58. The standard InChI is InChI=1S/C18H28N2O/c1-12(15-10-19-11-15)17(21)20-13(2)14-6-8-16(9-7-14)18(3,4)5/h6-9,12-13,15,19H,10-11H2,1-5H3,(H,20,21). The summed E-state index contributed by atoms with van der Waals surface area (Å²) in [5, 5.41) is 6.36. The van der Waals surface area contributed by atoms with Crippen LogP contribution in [-0.2, 0) is 10.2 Å². The number of nitrogens with one attached hydrogen (secondary N) is 2. The molecule has 1 aromatic carbocycles. The fraction of sp³-hybridized carbons (Fsp3) is 0.611. The van der Waals surface area contributed by atoms with E-state index in [1.807, 2.05) is 6.92 Å². The monoisotopic (exact) mass is 288 g/mol. The molecule has 1 amide bonds. The highest BCUT2D eigenvalue weighted by molar-refractivity contribution is 5.79. The summed E-state index contributed by atoms with van der Waals surface area (Å²) in [7, 11) is 0. The largest absolute Gasteiger partial charge is 0.349 e. The lowest BCUT2D eigenvalue weighted by Crippen LogP contribution is -2.49. The quantitative estimate of drug-likeness (QED) is 0.894. The first kappa shape index (κ1) is 16.0. The molecule has 3 heteroatoms. The Balaban J connectivity index is 1.96. The van der Waals surface area contributed by atoms with Gasteiger partial charge in [0.15, 0.2) is 0 Å². The molecule has 2 unspecified atom stereocenters. The highest BCUT2D eigenvalue weighted by Crippen LogP contribution is 2.24. The molecule has 1 saturated heterocycles. The van der Waals surface area contributed by atoms with Crippen molar-refractivity contribution in [2.24, 2.45) is 11.8 Å². The van der Waals surface area contributed by atoms with Gasteiger partial charge in [-0.05, 0) is 42.5 Å². The summed E-state index contributed by atoms with van der Waals surface area (Å²) in [6.07, 6.45) is 0. The molecule has 1 aliphatic rings. The Hall–Kier alpha value is -1.35. The van der Waals surface area contributed by atoms with Crippen molar-refractivity contribution in [3.05, 3.63) is 35.4 Å². The predicted molar refractivity (Wildman–Crippen MR) is 87.2 cm³/mol. The molecule has 0 radical (unpaired) electrons. The van der Waals surface area contributed by atoms with Crippen LogP contribution >= 0.6 is 0 Å². The first-order valence-electron chi connectivity index (χ1n) is 7.90. The maximum Gasteiger partial charge on any atom is 0.223 e. The normalized spacial score (nSPS) is 18.7. The minimum Gasteiger partial charge on any atom is -0.349 e. The molecule has 0 aliphatic carbocycles. The minimum atomic E-state index is 0.0574. The average Bonchev–Trinajstić information content (AvgIpc) is 2.35. The van der Waals surface area contributed by atoms with Crippen molar-refractivity contribution in [1.29, 1.82) is 0 Å². The smallest absolute Gasteiger partial charge is 0.223 e. The van der Waals surface area contributed by atoms with E-state index in [4.69, 9.17) is 0 Å². The van der Waals surface area contributed by atoms with Crippen LogP contribution in [0.3, 0.4) is 0 Å². The van der Waals surface area contributed by atoms with Crippen molar-refractivity contribution >= 4 is 5.91 Å². The lowest BCUT2D eigenvalue weighted by atomic mass is 9.86. The number of amides is 1. The fourth-order valence-corrected chi connectivity index (χ4v) is 2.58. The Bertz CT molecular complexity index is 483. The molecule has 3 nitrogen and oxygen atoms in total. The average molecular weight is 288 g/mol. The summed E-state index contributed by atoms with van der Waals surface area (Å²) in [6.45, 7) is 12.6. The van der Waals surface area contributed by atoms with Gasteiger partial charge in [-0.15, -0.1) is 0 Å². The maximum atomic E-state index is 12.2. The first-order chi connectivity index (χ1) is 9.79. The third-order valence-electron chi connectivity index (χ3n) is 4.57. The van der Waals surface area contributed by atoms with Gasteiger partial charge in [-0.25, -0.2) is 0 Å². The van der Waals surface area contributed by atoms with E-state index in [1.54, 1.807) is 0 Å². The van der Waals surface area contributed by atoms with Crippen LogP contribution < -0.4 is 10.6 Å². The van der Waals surface area contributed by atoms with Gasteiger partial charge in [-0.1, -0.05) is 52.0 Å². The van der Waals surface area contributed by atoms with E-state index in [1.165, 1.54) is 5.56 Å². The molecule has 0 bridgehead atoms. The van der Waals surface area contributed by atoms with Gasteiger partial charge in [-0.3, -0.25) is 4.79 Å². The summed E-state index contributed by atoms with van der Waals surface area (Å²) in [4.78, 5) is 12.2. The van der Waals surface area contributed by atoms with Crippen molar-refractivity contribution in [2.45, 2.75) is 46.1 Å². The molecular weight excluding hydrogens is 260 g/mol. The zero-order valence-electron chi connectivity index (χ0n) is 13.9. The van der Waals surface area contributed by atoms with Gasteiger partial charge in [0.2, 0.25) is 5.91 Å². The Morgan fingerprint density at radius 3 is 2.19 bits per heavy atom. The highest BCUT2D eigenvalue weighted by atomic mass is 16.1.